The Bertz CT molecular complexity index is 3180. The Morgan fingerprint density at radius 2 is 0.743 bits per heavy atom. The van der Waals surface area contributed by atoms with Gasteiger partial charge in [0, 0.05) is 45.8 Å². The summed E-state index contributed by atoms with van der Waals surface area (Å²) < 4.78 is 70.2. The molecule has 8 aromatic rings. The van der Waals surface area contributed by atoms with Crippen LogP contribution in [0.5, 0.6) is 46.0 Å². The zero-order chi connectivity index (χ0) is 47.4. The molecule has 70 heavy (non-hydrogen) atoms. The highest BCUT2D eigenvalue weighted by atomic mass is 31.3. The summed E-state index contributed by atoms with van der Waals surface area (Å²) in [4.78, 5) is 9.68. The summed E-state index contributed by atoms with van der Waals surface area (Å²) in [5, 5.41) is 0. The number of fused-ring (bicyclic) bond motifs is 6. The molecule has 0 saturated heterocycles. The van der Waals surface area contributed by atoms with Crippen molar-refractivity contribution in [3.63, 3.8) is 0 Å². The molecule has 0 N–H and O–H groups in total. The topological polar surface area (TPSA) is 136 Å². The molecular formula is C54H44N5O8P3. The lowest BCUT2D eigenvalue weighted by Crippen LogP contribution is -2.11. The molecule has 0 radical (unpaired) electrons. The van der Waals surface area contributed by atoms with E-state index in [1.165, 1.54) is 0 Å². The number of hydrogen-bond acceptors (Lipinski definition) is 13. The van der Waals surface area contributed by atoms with Crippen LogP contribution < -0.4 is 36.6 Å². The van der Waals surface area contributed by atoms with E-state index in [-0.39, 0.29) is 0 Å². The van der Waals surface area contributed by atoms with Gasteiger partial charge in [-0.1, -0.05) is 135 Å². The van der Waals surface area contributed by atoms with Crippen LogP contribution in [0, 0.1) is 0 Å². The van der Waals surface area contributed by atoms with Gasteiger partial charge in [-0.2, -0.15) is 0 Å². The first-order chi connectivity index (χ1) is 34.4. The van der Waals surface area contributed by atoms with Crippen LogP contribution in [0.15, 0.2) is 218 Å². The SMILES string of the molecule is COc1ccc(CN=Cc2ccccc2OP2(Oc3ccccc3C=NCc3ccc(OC)cc3)=NP3(=NP4(=N2)Oc2ccccc2-c2ccccc2O4)Oc2ccccc2-c2ccccc2O3)cc1. The van der Waals surface area contributed by atoms with Crippen LogP contribution in [0.1, 0.15) is 22.3 Å². The maximum atomic E-state index is 7.32. The Labute approximate surface area is 405 Å². The molecule has 13 nitrogen and oxygen atoms in total. The number of nitrogens with zero attached hydrogens (tertiary/aromatic N) is 5. The second-order valence-electron chi connectivity index (χ2n) is 16.0. The molecule has 3 aliphatic rings. The first-order valence-electron chi connectivity index (χ1n) is 22.3. The fraction of sp³-hybridized carbons (Fsp3) is 0.0741. The molecule has 0 atom stereocenters. The molecule has 0 saturated carbocycles. The van der Waals surface area contributed by atoms with Crippen molar-refractivity contribution in [3.05, 3.63) is 216 Å². The van der Waals surface area contributed by atoms with E-state index in [0.29, 0.717) is 58.7 Å². The van der Waals surface area contributed by atoms with Gasteiger partial charge in [0.2, 0.25) is 0 Å². The second-order valence-corrected chi connectivity index (χ2v) is 22.2. The number of aliphatic imine (C=N–C) groups is 2. The van der Waals surface area contributed by atoms with Crippen LogP contribution in [0.4, 0.5) is 0 Å². The number of rotatable bonds is 12. The highest BCUT2D eigenvalue weighted by Gasteiger charge is 2.51. The summed E-state index contributed by atoms with van der Waals surface area (Å²) >= 11 is 0. The molecule has 11 rings (SSSR count). The quantitative estimate of drug-likeness (QED) is 0.0872. The predicted molar refractivity (Wildman–Crippen MR) is 277 cm³/mol. The van der Waals surface area contributed by atoms with Gasteiger partial charge in [0.05, 0.1) is 27.3 Å². The molecule has 0 amide bonds. The van der Waals surface area contributed by atoms with Gasteiger partial charge in [-0.15, -0.1) is 0 Å². The summed E-state index contributed by atoms with van der Waals surface area (Å²) in [6.07, 6.45) is 3.52. The standard InChI is InChI=1S/C54H44N5O8P3/c1-60-43-31-27-39(28-32-43)35-55-37-41-15-3-9-21-49(41)62-68(63-50-22-10-4-16-42(50)38-56-36-40-29-33-44(61-2)34-30-40)57-69(64-51-23-11-5-17-45(51)46-18-6-12-24-52(46)65-69)59-70(58-68)66-53-25-13-7-19-47(53)48-20-8-14-26-54(48)67-70/h3-34,37-38H,35-36H2,1-2H3. The highest BCUT2D eigenvalue weighted by Crippen LogP contribution is 2.80. The van der Waals surface area contributed by atoms with Crippen LogP contribution in [0.3, 0.4) is 0 Å². The molecule has 8 aromatic carbocycles. The molecule has 0 aromatic heterocycles. The fourth-order valence-corrected chi connectivity index (χ4v) is 17.1. The lowest BCUT2D eigenvalue weighted by atomic mass is 10.0. The molecule has 0 fully saturated rings. The van der Waals surface area contributed by atoms with E-state index in [2.05, 4.69) is 0 Å². The smallest absolute Gasteiger partial charge is 0.460 e. The van der Waals surface area contributed by atoms with Gasteiger partial charge < -0.3 is 36.6 Å². The number of hydrogen-bond donors (Lipinski definition) is 0. The van der Waals surface area contributed by atoms with Crippen molar-refractivity contribution in [2.24, 2.45) is 23.5 Å². The van der Waals surface area contributed by atoms with E-state index in [1.807, 2.05) is 194 Å². The van der Waals surface area contributed by atoms with Crippen LogP contribution in [0.25, 0.3) is 22.3 Å². The third-order valence-electron chi connectivity index (χ3n) is 11.3. The molecule has 0 unspecified atom stereocenters. The third-order valence-corrected chi connectivity index (χ3v) is 19.3. The first-order valence-corrected chi connectivity index (χ1v) is 26.9. The summed E-state index contributed by atoms with van der Waals surface area (Å²) in [6, 6.07) is 61.3. The van der Waals surface area contributed by atoms with Crippen molar-refractivity contribution >= 4 is 35.4 Å². The molecule has 16 heteroatoms. The Morgan fingerprint density at radius 1 is 0.400 bits per heavy atom. The Hall–Kier alpha value is -7.81. The fourth-order valence-electron chi connectivity index (χ4n) is 7.90. The predicted octanol–water partition coefficient (Wildman–Crippen LogP) is 15.5. The molecule has 0 bridgehead atoms. The van der Waals surface area contributed by atoms with Gasteiger partial charge >= 0.3 is 23.0 Å². The lowest BCUT2D eigenvalue weighted by Gasteiger charge is -2.32. The van der Waals surface area contributed by atoms with Crippen LogP contribution in [-0.4, -0.2) is 26.6 Å². The van der Waals surface area contributed by atoms with E-state index in [4.69, 9.17) is 60.1 Å². The molecule has 3 aliphatic heterocycles. The molecule has 348 valence electrons. The largest absolute Gasteiger partial charge is 0.497 e. The monoisotopic (exact) mass is 983 g/mol. The summed E-state index contributed by atoms with van der Waals surface area (Å²) in [7, 11) is -9.08. The Kier molecular flexibility index (Phi) is 12.3. The van der Waals surface area contributed by atoms with E-state index in [9.17, 15) is 0 Å². The summed E-state index contributed by atoms with van der Waals surface area (Å²) in [5.74, 6) is 4.22. The number of benzene rings is 8. The zero-order valence-corrected chi connectivity index (χ0v) is 40.6. The van der Waals surface area contributed by atoms with Crippen molar-refractivity contribution in [2.45, 2.75) is 13.1 Å². The van der Waals surface area contributed by atoms with Crippen LogP contribution in [0.2, 0.25) is 0 Å². The highest BCUT2D eigenvalue weighted by molar-refractivity contribution is 7.79. The molecule has 0 aliphatic carbocycles. The van der Waals surface area contributed by atoms with E-state index in [1.54, 1.807) is 26.6 Å². The minimum atomic E-state index is -4.24. The van der Waals surface area contributed by atoms with Crippen molar-refractivity contribution in [2.75, 3.05) is 14.2 Å². The summed E-state index contributed by atoms with van der Waals surface area (Å²) in [6.45, 7) is 0.798. The van der Waals surface area contributed by atoms with Gasteiger partial charge in [0.25, 0.3) is 0 Å². The normalized spacial score (nSPS) is 16.7. The van der Waals surface area contributed by atoms with E-state index < -0.39 is 23.0 Å². The lowest BCUT2D eigenvalue weighted by molar-refractivity contribution is 0.414. The molecular weight excluding hydrogens is 940 g/mol. The average Bonchev–Trinajstić information content (AvgIpc) is 3.60. The minimum absolute atomic E-state index is 0.372. The average molecular weight is 984 g/mol. The van der Waals surface area contributed by atoms with Crippen LogP contribution in [-0.2, 0) is 13.1 Å². The van der Waals surface area contributed by atoms with Gasteiger partial charge in [-0.05, 0) is 83.9 Å². The first kappa shape index (κ1) is 44.7. The maximum absolute atomic E-state index is 7.32. The Morgan fingerprint density at radius 3 is 1.13 bits per heavy atom. The van der Waals surface area contributed by atoms with Gasteiger partial charge in [-0.25, -0.2) is 0 Å². The third kappa shape index (κ3) is 9.35. The van der Waals surface area contributed by atoms with Gasteiger partial charge in [0.15, 0.2) is 0 Å². The number of ether oxygens (including phenoxy) is 2. The van der Waals surface area contributed by atoms with Crippen molar-refractivity contribution in [3.8, 4) is 68.2 Å². The minimum Gasteiger partial charge on any atom is -0.497 e. The van der Waals surface area contributed by atoms with Crippen molar-refractivity contribution < 1.29 is 36.6 Å². The molecule has 2 spiro atoms. The van der Waals surface area contributed by atoms with Gasteiger partial charge in [-0.3, -0.25) is 9.98 Å². The molecule has 3 heterocycles. The second kappa shape index (κ2) is 19.3. The van der Waals surface area contributed by atoms with Crippen molar-refractivity contribution in [1.29, 1.82) is 0 Å². The zero-order valence-electron chi connectivity index (χ0n) is 37.9. The van der Waals surface area contributed by atoms with E-state index >= 15 is 0 Å². The van der Waals surface area contributed by atoms with Gasteiger partial charge in [0.1, 0.15) is 46.0 Å². The Balaban J connectivity index is 1.13. The number of para-hydroxylation sites is 6. The summed E-state index contributed by atoms with van der Waals surface area (Å²) in [5.41, 5.74) is 6.42. The number of methoxy groups -OCH3 is 2. The maximum Gasteiger partial charge on any atom is 0.460 e. The van der Waals surface area contributed by atoms with Crippen LogP contribution >= 0.6 is 23.0 Å². The van der Waals surface area contributed by atoms with Crippen molar-refractivity contribution in [1.82, 2.24) is 0 Å². The van der Waals surface area contributed by atoms with E-state index in [0.717, 1.165) is 44.9 Å².